The van der Waals surface area contributed by atoms with Gasteiger partial charge in [0.1, 0.15) is 5.54 Å². The molecule has 6 heteroatoms. The van der Waals surface area contributed by atoms with Crippen molar-refractivity contribution >= 4 is 11.9 Å². The average Bonchev–Trinajstić information content (AvgIpc) is 2.77. The number of aromatic nitrogens is 2. The van der Waals surface area contributed by atoms with E-state index in [9.17, 15) is 9.59 Å². The fourth-order valence-electron chi connectivity index (χ4n) is 1.27. The van der Waals surface area contributed by atoms with Gasteiger partial charge in [0.2, 0.25) is 5.91 Å². The molecule has 1 rings (SSSR count). The number of carbonyl (C=O) groups excluding carboxylic acids is 1. The maximum atomic E-state index is 11.8. The second-order valence-corrected chi connectivity index (χ2v) is 4.34. The number of rotatable bonds is 5. The third kappa shape index (κ3) is 3.05. The highest BCUT2D eigenvalue weighted by Crippen LogP contribution is 2.13. The molecular formula is C11H17N3O3. The molecule has 1 aromatic heterocycles. The first-order chi connectivity index (χ1) is 7.85. The summed E-state index contributed by atoms with van der Waals surface area (Å²) >= 11 is 0. The van der Waals surface area contributed by atoms with Gasteiger partial charge in [-0.3, -0.25) is 9.48 Å². The third-order valence-corrected chi connectivity index (χ3v) is 2.85. The van der Waals surface area contributed by atoms with Crippen molar-refractivity contribution < 1.29 is 14.7 Å². The number of carboxylic acids is 1. The summed E-state index contributed by atoms with van der Waals surface area (Å²) in [5, 5.41) is 13.0. The van der Waals surface area contributed by atoms with Gasteiger partial charge in [0.15, 0.2) is 0 Å². The van der Waals surface area contributed by atoms with Gasteiger partial charge in [0, 0.05) is 32.4 Å². The van der Waals surface area contributed by atoms with Gasteiger partial charge in [-0.15, -0.1) is 0 Å². The Bertz CT molecular complexity index is 398. The Kier molecular flexibility index (Phi) is 3.88. The fraction of sp³-hybridized carbons (Fsp3) is 0.545. The second kappa shape index (κ2) is 4.99. The Hall–Kier alpha value is -1.85. The van der Waals surface area contributed by atoms with Crippen molar-refractivity contribution in [1.82, 2.24) is 14.7 Å². The van der Waals surface area contributed by atoms with Gasteiger partial charge in [0.05, 0.1) is 0 Å². The molecule has 0 saturated carbocycles. The maximum absolute atomic E-state index is 11.8. The van der Waals surface area contributed by atoms with Crippen molar-refractivity contribution in [2.75, 3.05) is 7.05 Å². The van der Waals surface area contributed by atoms with Crippen LogP contribution in [0.1, 0.15) is 20.3 Å². The van der Waals surface area contributed by atoms with E-state index >= 15 is 0 Å². The van der Waals surface area contributed by atoms with Gasteiger partial charge in [-0.05, 0) is 19.9 Å². The first-order valence-electron chi connectivity index (χ1n) is 5.33. The van der Waals surface area contributed by atoms with Crippen LogP contribution in [0.4, 0.5) is 0 Å². The minimum Gasteiger partial charge on any atom is -0.480 e. The predicted molar refractivity (Wildman–Crippen MR) is 61.3 cm³/mol. The number of carboxylic acid groups (broad SMARTS) is 1. The number of hydrogen-bond donors (Lipinski definition) is 1. The lowest BCUT2D eigenvalue weighted by Gasteiger charge is -2.31. The van der Waals surface area contributed by atoms with E-state index in [-0.39, 0.29) is 12.3 Å². The number of nitrogens with zero attached hydrogens (tertiary/aromatic N) is 3. The van der Waals surface area contributed by atoms with Crippen LogP contribution in [0, 0.1) is 0 Å². The quantitative estimate of drug-likeness (QED) is 0.816. The Labute approximate surface area is 99.8 Å². The number of aryl methyl sites for hydroxylation is 1. The minimum absolute atomic E-state index is 0.215. The van der Waals surface area contributed by atoms with Gasteiger partial charge in [0.25, 0.3) is 0 Å². The molecule has 0 fully saturated rings. The first kappa shape index (κ1) is 13.2. The zero-order chi connectivity index (χ0) is 13.1. The molecule has 1 heterocycles. The van der Waals surface area contributed by atoms with E-state index in [2.05, 4.69) is 5.10 Å². The maximum Gasteiger partial charge on any atom is 0.329 e. The summed E-state index contributed by atoms with van der Waals surface area (Å²) in [5.41, 5.74) is -1.19. The number of carbonyl (C=O) groups is 2. The molecular weight excluding hydrogens is 222 g/mol. The van der Waals surface area contributed by atoms with Crippen LogP contribution < -0.4 is 0 Å². The lowest BCUT2D eigenvalue weighted by atomic mass is 10.0. The van der Waals surface area contributed by atoms with Crippen molar-refractivity contribution in [1.29, 1.82) is 0 Å². The van der Waals surface area contributed by atoms with Crippen LogP contribution >= 0.6 is 0 Å². The molecule has 0 bridgehead atoms. The molecule has 1 amide bonds. The van der Waals surface area contributed by atoms with Crippen LogP contribution in [0.25, 0.3) is 0 Å². The Morgan fingerprint density at radius 1 is 1.47 bits per heavy atom. The molecule has 6 nitrogen and oxygen atoms in total. The smallest absolute Gasteiger partial charge is 0.329 e. The van der Waals surface area contributed by atoms with Gasteiger partial charge < -0.3 is 10.0 Å². The van der Waals surface area contributed by atoms with Crippen molar-refractivity contribution in [2.24, 2.45) is 0 Å². The summed E-state index contributed by atoms with van der Waals surface area (Å²) in [4.78, 5) is 24.0. The van der Waals surface area contributed by atoms with Crippen molar-refractivity contribution in [2.45, 2.75) is 32.4 Å². The molecule has 0 aliphatic heterocycles. The molecule has 1 N–H and O–H groups in total. The van der Waals surface area contributed by atoms with E-state index in [4.69, 9.17) is 5.11 Å². The van der Waals surface area contributed by atoms with Crippen molar-refractivity contribution in [3.05, 3.63) is 18.5 Å². The van der Waals surface area contributed by atoms with E-state index in [0.717, 1.165) is 0 Å². The number of aliphatic carboxylic acids is 1. The van der Waals surface area contributed by atoms with E-state index in [0.29, 0.717) is 6.54 Å². The van der Waals surface area contributed by atoms with Crippen molar-refractivity contribution in [3.63, 3.8) is 0 Å². The summed E-state index contributed by atoms with van der Waals surface area (Å²) < 4.78 is 1.64. The minimum atomic E-state index is -1.19. The highest BCUT2D eigenvalue weighted by Gasteiger charge is 2.34. The SMILES string of the molecule is CN(C(=O)CCn1cccn1)C(C)(C)C(=O)O. The lowest BCUT2D eigenvalue weighted by Crippen LogP contribution is -2.50. The standard InChI is InChI=1S/C11H17N3O3/c1-11(2,10(16)17)13(3)9(15)5-8-14-7-4-6-12-14/h4,6-7H,5,8H2,1-3H3,(H,16,17). The molecule has 1 aromatic rings. The molecule has 0 spiro atoms. The summed E-state index contributed by atoms with van der Waals surface area (Å²) in [7, 11) is 1.50. The molecule has 94 valence electrons. The highest BCUT2D eigenvalue weighted by atomic mass is 16.4. The fourth-order valence-corrected chi connectivity index (χ4v) is 1.27. The van der Waals surface area contributed by atoms with Crippen LogP contribution in [-0.2, 0) is 16.1 Å². The first-order valence-corrected chi connectivity index (χ1v) is 5.33. The van der Waals surface area contributed by atoms with Crippen LogP contribution in [-0.4, -0.2) is 44.3 Å². The van der Waals surface area contributed by atoms with Gasteiger partial charge in [-0.2, -0.15) is 5.10 Å². The Balaban J connectivity index is 2.56. The van der Waals surface area contributed by atoms with E-state index in [1.165, 1.54) is 25.8 Å². The summed E-state index contributed by atoms with van der Waals surface area (Å²) in [6, 6.07) is 1.77. The Morgan fingerprint density at radius 2 is 2.12 bits per heavy atom. The number of amides is 1. The molecule has 0 radical (unpaired) electrons. The lowest BCUT2D eigenvalue weighted by molar-refractivity contribution is -0.155. The number of likely N-dealkylation sites (N-methyl/N-ethyl adjacent to an activating group) is 1. The zero-order valence-electron chi connectivity index (χ0n) is 10.3. The molecule has 17 heavy (non-hydrogen) atoms. The second-order valence-electron chi connectivity index (χ2n) is 4.34. The van der Waals surface area contributed by atoms with Crippen LogP contribution in [0.2, 0.25) is 0 Å². The molecule has 0 aliphatic rings. The van der Waals surface area contributed by atoms with E-state index in [1.54, 1.807) is 23.1 Å². The van der Waals surface area contributed by atoms with Crippen LogP contribution in [0.3, 0.4) is 0 Å². The van der Waals surface area contributed by atoms with E-state index < -0.39 is 11.5 Å². The van der Waals surface area contributed by atoms with Gasteiger partial charge in [-0.1, -0.05) is 0 Å². The third-order valence-electron chi connectivity index (χ3n) is 2.85. The topological polar surface area (TPSA) is 75.4 Å². The molecule has 0 aliphatic carbocycles. The largest absolute Gasteiger partial charge is 0.480 e. The normalized spacial score (nSPS) is 11.2. The van der Waals surface area contributed by atoms with Crippen LogP contribution in [0.15, 0.2) is 18.5 Å². The highest BCUT2D eigenvalue weighted by molar-refractivity contribution is 5.86. The molecule has 0 saturated heterocycles. The van der Waals surface area contributed by atoms with Crippen LogP contribution in [0.5, 0.6) is 0 Å². The number of hydrogen-bond acceptors (Lipinski definition) is 3. The monoisotopic (exact) mass is 239 g/mol. The zero-order valence-corrected chi connectivity index (χ0v) is 10.3. The molecule has 0 atom stereocenters. The predicted octanol–water partition coefficient (Wildman–Crippen LogP) is 0.595. The average molecular weight is 239 g/mol. The summed E-state index contributed by atoms with van der Waals surface area (Å²) in [6.07, 6.45) is 3.62. The van der Waals surface area contributed by atoms with Gasteiger partial charge >= 0.3 is 5.97 Å². The summed E-state index contributed by atoms with van der Waals surface area (Å²) in [6.45, 7) is 3.45. The van der Waals surface area contributed by atoms with E-state index in [1.807, 2.05) is 0 Å². The van der Waals surface area contributed by atoms with Gasteiger partial charge in [-0.25, -0.2) is 4.79 Å². The molecule has 0 unspecified atom stereocenters. The van der Waals surface area contributed by atoms with Crippen molar-refractivity contribution in [3.8, 4) is 0 Å². The summed E-state index contributed by atoms with van der Waals surface area (Å²) in [5.74, 6) is -1.24. The Morgan fingerprint density at radius 3 is 2.59 bits per heavy atom. The molecule has 0 aromatic carbocycles.